The summed E-state index contributed by atoms with van der Waals surface area (Å²) in [5, 5.41) is 20.4. The van der Waals surface area contributed by atoms with E-state index in [1.165, 1.54) is 11.3 Å². The van der Waals surface area contributed by atoms with E-state index in [1.807, 2.05) is 19.1 Å². The third-order valence-corrected chi connectivity index (χ3v) is 3.10. The van der Waals surface area contributed by atoms with Crippen LogP contribution in [0.5, 0.6) is 0 Å². The average molecular weight is 238 g/mol. The second-order valence-electron chi connectivity index (χ2n) is 3.60. The zero-order valence-electron chi connectivity index (χ0n) is 9.06. The molecule has 1 aromatic rings. The van der Waals surface area contributed by atoms with Gasteiger partial charge < -0.3 is 10.4 Å². The van der Waals surface area contributed by atoms with E-state index in [2.05, 4.69) is 11.4 Å². The van der Waals surface area contributed by atoms with Crippen LogP contribution in [-0.4, -0.2) is 17.6 Å². The maximum Gasteiger partial charge on any atom is 0.308 e. The van der Waals surface area contributed by atoms with Crippen molar-refractivity contribution in [3.8, 4) is 6.07 Å². The quantitative estimate of drug-likeness (QED) is 0.790. The molecule has 86 valence electrons. The lowest BCUT2D eigenvalue weighted by Gasteiger charge is -2.03. The summed E-state index contributed by atoms with van der Waals surface area (Å²) in [5.41, 5.74) is 0. The maximum atomic E-state index is 10.5. The van der Waals surface area contributed by atoms with Crippen LogP contribution < -0.4 is 5.32 Å². The zero-order valence-corrected chi connectivity index (χ0v) is 9.88. The highest BCUT2D eigenvalue weighted by Crippen LogP contribution is 2.16. The van der Waals surface area contributed by atoms with Crippen LogP contribution in [0.25, 0.3) is 0 Å². The molecule has 1 aromatic heterocycles. The van der Waals surface area contributed by atoms with E-state index >= 15 is 0 Å². The number of thiophene rings is 1. The number of hydrogen-bond donors (Lipinski definition) is 2. The lowest BCUT2D eigenvalue weighted by atomic mass is 10.2. The fourth-order valence-electron chi connectivity index (χ4n) is 1.22. The number of carboxylic acids is 1. The number of hydrogen-bond acceptors (Lipinski definition) is 4. The summed E-state index contributed by atoms with van der Waals surface area (Å²) < 4.78 is 0. The van der Waals surface area contributed by atoms with Crippen molar-refractivity contribution in [3.05, 3.63) is 21.9 Å². The first-order chi connectivity index (χ1) is 7.61. The van der Waals surface area contributed by atoms with Crippen LogP contribution in [0, 0.1) is 17.2 Å². The first-order valence-electron chi connectivity index (χ1n) is 5.01. The third kappa shape index (κ3) is 4.43. The van der Waals surface area contributed by atoms with E-state index in [4.69, 9.17) is 10.4 Å². The van der Waals surface area contributed by atoms with Crippen LogP contribution in [0.15, 0.2) is 12.1 Å². The molecular weight excluding hydrogens is 224 g/mol. The molecule has 1 heterocycles. The Labute approximate surface area is 98.5 Å². The Balaban J connectivity index is 2.35. The van der Waals surface area contributed by atoms with Crippen molar-refractivity contribution in [3.63, 3.8) is 0 Å². The van der Waals surface area contributed by atoms with Gasteiger partial charge in [0.15, 0.2) is 0 Å². The van der Waals surface area contributed by atoms with Crippen molar-refractivity contribution in [2.24, 2.45) is 5.92 Å². The molecule has 1 unspecified atom stereocenters. The predicted octanol–water partition coefficient (Wildman–Crippen LogP) is 1.62. The molecule has 0 saturated heterocycles. The topological polar surface area (TPSA) is 73.1 Å². The molecule has 0 spiro atoms. The second kappa shape index (κ2) is 6.26. The number of aliphatic carboxylic acids is 1. The summed E-state index contributed by atoms with van der Waals surface area (Å²) in [6.07, 6.45) is 0.0826. The third-order valence-electron chi connectivity index (χ3n) is 2.01. The minimum Gasteiger partial charge on any atom is -0.481 e. The summed E-state index contributed by atoms with van der Waals surface area (Å²) >= 11 is 1.49. The number of nitrogens with zero attached hydrogens (tertiary/aromatic N) is 1. The van der Waals surface area contributed by atoms with Crippen molar-refractivity contribution in [2.45, 2.75) is 19.9 Å². The minimum atomic E-state index is -0.806. The molecule has 0 amide bonds. The molecule has 5 heteroatoms. The SMILES string of the molecule is CC(C#N)CNCc1ccc(CC(=O)O)s1. The first-order valence-corrected chi connectivity index (χ1v) is 5.83. The van der Waals surface area contributed by atoms with Crippen LogP contribution in [0.1, 0.15) is 16.7 Å². The van der Waals surface area contributed by atoms with Gasteiger partial charge in [0.2, 0.25) is 0 Å². The molecule has 16 heavy (non-hydrogen) atoms. The van der Waals surface area contributed by atoms with Gasteiger partial charge in [0.25, 0.3) is 0 Å². The lowest BCUT2D eigenvalue weighted by molar-refractivity contribution is -0.136. The summed E-state index contributed by atoms with van der Waals surface area (Å²) in [6.45, 7) is 3.20. The normalized spacial score (nSPS) is 12.0. The summed E-state index contributed by atoms with van der Waals surface area (Å²) in [4.78, 5) is 12.4. The van der Waals surface area contributed by atoms with Gasteiger partial charge in [-0.3, -0.25) is 4.79 Å². The minimum absolute atomic E-state index is 0.00143. The number of carbonyl (C=O) groups is 1. The number of rotatable bonds is 6. The monoisotopic (exact) mass is 238 g/mol. The Bertz CT molecular complexity index is 395. The Morgan fingerprint density at radius 3 is 2.94 bits per heavy atom. The van der Waals surface area contributed by atoms with E-state index in [0.29, 0.717) is 13.1 Å². The van der Waals surface area contributed by atoms with Crippen LogP contribution in [0.2, 0.25) is 0 Å². The molecule has 2 N–H and O–H groups in total. The van der Waals surface area contributed by atoms with Crippen molar-refractivity contribution >= 4 is 17.3 Å². The maximum absolute atomic E-state index is 10.5. The fourth-order valence-corrected chi connectivity index (χ4v) is 2.20. The highest BCUT2D eigenvalue weighted by molar-refractivity contribution is 7.12. The largest absolute Gasteiger partial charge is 0.481 e. The van der Waals surface area contributed by atoms with Crippen molar-refractivity contribution in [1.82, 2.24) is 5.32 Å². The molecule has 1 rings (SSSR count). The fraction of sp³-hybridized carbons (Fsp3) is 0.455. The van der Waals surface area contributed by atoms with Crippen molar-refractivity contribution < 1.29 is 9.90 Å². The van der Waals surface area contributed by atoms with E-state index in [9.17, 15) is 4.79 Å². The van der Waals surface area contributed by atoms with Gasteiger partial charge in [-0.25, -0.2) is 0 Å². The van der Waals surface area contributed by atoms with Crippen LogP contribution in [-0.2, 0) is 17.8 Å². The Morgan fingerprint density at radius 2 is 2.31 bits per heavy atom. The molecule has 1 atom stereocenters. The Kier molecular flexibility index (Phi) is 4.96. The molecule has 4 nitrogen and oxygen atoms in total. The van der Waals surface area contributed by atoms with Crippen LogP contribution in [0.4, 0.5) is 0 Å². The van der Waals surface area contributed by atoms with E-state index in [1.54, 1.807) is 0 Å². The molecule has 0 fully saturated rings. The van der Waals surface area contributed by atoms with Gasteiger partial charge in [-0.05, 0) is 19.1 Å². The number of nitriles is 1. The molecule has 0 saturated carbocycles. The van der Waals surface area contributed by atoms with Crippen molar-refractivity contribution in [2.75, 3.05) is 6.54 Å². The molecular formula is C11H14N2O2S. The van der Waals surface area contributed by atoms with Gasteiger partial charge in [0.1, 0.15) is 0 Å². The number of nitrogens with one attached hydrogen (secondary N) is 1. The highest BCUT2D eigenvalue weighted by atomic mass is 32.1. The van der Waals surface area contributed by atoms with Gasteiger partial charge >= 0.3 is 5.97 Å². The van der Waals surface area contributed by atoms with Crippen molar-refractivity contribution in [1.29, 1.82) is 5.26 Å². The van der Waals surface area contributed by atoms with Gasteiger partial charge in [0.05, 0.1) is 18.4 Å². The molecule has 0 radical (unpaired) electrons. The first kappa shape index (κ1) is 12.7. The highest BCUT2D eigenvalue weighted by Gasteiger charge is 2.05. The molecule has 0 aliphatic heterocycles. The van der Waals surface area contributed by atoms with Gasteiger partial charge in [-0.1, -0.05) is 0 Å². The average Bonchev–Trinajstić information content (AvgIpc) is 2.64. The van der Waals surface area contributed by atoms with E-state index < -0.39 is 5.97 Å². The second-order valence-corrected chi connectivity index (χ2v) is 4.85. The summed E-state index contributed by atoms with van der Waals surface area (Å²) in [7, 11) is 0. The van der Waals surface area contributed by atoms with E-state index in [-0.39, 0.29) is 12.3 Å². The Hall–Kier alpha value is -1.38. The molecule has 0 aliphatic carbocycles. The van der Waals surface area contributed by atoms with Gasteiger partial charge in [0, 0.05) is 22.8 Å². The van der Waals surface area contributed by atoms with Gasteiger partial charge in [-0.15, -0.1) is 11.3 Å². The van der Waals surface area contributed by atoms with Crippen LogP contribution in [0.3, 0.4) is 0 Å². The standard InChI is InChI=1S/C11H14N2O2S/c1-8(5-12)6-13-7-10-3-2-9(16-10)4-11(14)15/h2-3,8,13H,4,6-7H2,1H3,(H,14,15). The predicted molar refractivity (Wildman–Crippen MR) is 62.1 cm³/mol. The Morgan fingerprint density at radius 1 is 1.62 bits per heavy atom. The lowest BCUT2D eigenvalue weighted by Crippen LogP contribution is -2.19. The zero-order chi connectivity index (χ0) is 12.0. The number of carboxylic acid groups (broad SMARTS) is 1. The van der Waals surface area contributed by atoms with Gasteiger partial charge in [-0.2, -0.15) is 5.26 Å². The van der Waals surface area contributed by atoms with E-state index in [0.717, 1.165) is 9.75 Å². The summed E-state index contributed by atoms with van der Waals surface area (Å²) in [5.74, 6) is -0.807. The smallest absolute Gasteiger partial charge is 0.308 e. The summed E-state index contributed by atoms with van der Waals surface area (Å²) in [6, 6.07) is 5.91. The molecule has 0 aromatic carbocycles. The molecule has 0 bridgehead atoms. The van der Waals surface area contributed by atoms with Crippen LogP contribution >= 0.6 is 11.3 Å². The molecule has 0 aliphatic rings.